The zero-order valence-electron chi connectivity index (χ0n) is 10.2. The van der Waals surface area contributed by atoms with E-state index in [0.29, 0.717) is 13.2 Å². The van der Waals surface area contributed by atoms with Crippen LogP contribution in [-0.4, -0.2) is 64.3 Å². The monoisotopic (exact) mass is 217 g/mol. The summed E-state index contributed by atoms with van der Waals surface area (Å²) in [6, 6.07) is -0.151. The first kappa shape index (κ1) is 14.3. The average Bonchev–Trinajstić information content (AvgIpc) is 2.17. The molecule has 2 N–H and O–H groups in total. The van der Waals surface area contributed by atoms with Gasteiger partial charge in [0, 0.05) is 26.7 Å². The summed E-state index contributed by atoms with van der Waals surface area (Å²) in [7, 11) is 5.63. The fourth-order valence-corrected chi connectivity index (χ4v) is 1.03. The lowest BCUT2D eigenvalue weighted by molar-refractivity contribution is -0.122. The molecule has 0 saturated carbocycles. The van der Waals surface area contributed by atoms with Gasteiger partial charge in [0.15, 0.2) is 0 Å². The van der Waals surface area contributed by atoms with Gasteiger partial charge in [-0.25, -0.2) is 0 Å². The number of likely N-dealkylation sites (N-methyl/N-ethyl adjacent to an activating group) is 1. The molecule has 0 aromatic heterocycles. The van der Waals surface area contributed by atoms with Crippen LogP contribution in [0.5, 0.6) is 0 Å². The molecule has 15 heavy (non-hydrogen) atoms. The van der Waals surface area contributed by atoms with Crippen LogP contribution in [0.1, 0.15) is 6.92 Å². The lowest BCUT2D eigenvalue weighted by Crippen LogP contribution is -2.44. The Labute approximate surface area is 92.2 Å². The van der Waals surface area contributed by atoms with E-state index in [-0.39, 0.29) is 11.9 Å². The predicted molar refractivity (Wildman–Crippen MR) is 60.9 cm³/mol. The molecule has 1 atom stereocenters. The molecule has 0 aromatic rings. The van der Waals surface area contributed by atoms with Crippen LogP contribution in [0.25, 0.3) is 0 Å². The van der Waals surface area contributed by atoms with Crippen LogP contribution < -0.4 is 10.6 Å². The van der Waals surface area contributed by atoms with E-state index in [9.17, 15) is 4.79 Å². The third-order valence-corrected chi connectivity index (χ3v) is 2.01. The van der Waals surface area contributed by atoms with Crippen molar-refractivity contribution in [3.05, 3.63) is 0 Å². The molecule has 0 aliphatic carbocycles. The van der Waals surface area contributed by atoms with Crippen molar-refractivity contribution in [2.45, 2.75) is 13.0 Å². The first-order valence-corrected chi connectivity index (χ1v) is 5.22. The van der Waals surface area contributed by atoms with E-state index in [0.717, 1.165) is 13.1 Å². The van der Waals surface area contributed by atoms with Gasteiger partial charge in [-0.15, -0.1) is 0 Å². The summed E-state index contributed by atoms with van der Waals surface area (Å²) >= 11 is 0. The fourth-order valence-electron chi connectivity index (χ4n) is 1.03. The number of rotatable bonds is 8. The van der Waals surface area contributed by atoms with Gasteiger partial charge >= 0.3 is 0 Å². The first-order chi connectivity index (χ1) is 7.07. The molecule has 0 aliphatic heterocycles. The molecule has 0 fully saturated rings. The summed E-state index contributed by atoms with van der Waals surface area (Å²) in [5.74, 6) is 0.0193. The molecule has 1 amide bonds. The summed E-state index contributed by atoms with van der Waals surface area (Å²) in [6.45, 7) is 4.71. The number of ether oxygens (including phenoxy) is 1. The SMILES string of the molecule is COCCNC(=O)C(C)NCCN(C)C. The van der Waals surface area contributed by atoms with Gasteiger partial charge in [0.2, 0.25) is 5.91 Å². The molecule has 0 heterocycles. The zero-order chi connectivity index (χ0) is 11.7. The van der Waals surface area contributed by atoms with Crippen LogP contribution in [0.4, 0.5) is 0 Å². The molecule has 5 heteroatoms. The number of methoxy groups -OCH3 is 1. The van der Waals surface area contributed by atoms with Crippen molar-refractivity contribution in [3.63, 3.8) is 0 Å². The Morgan fingerprint density at radius 2 is 2.07 bits per heavy atom. The largest absolute Gasteiger partial charge is 0.383 e. The molecule has 0 aliphatic rings. The van der Waals surface area contributed by atoms with Gasteiger partial charge in [-0.2, -0.15) is 0 Å². The van der Waals surface area contributed by atoms with Crippen LogP contribution >= 0.6 is 0 Å². The minimum atomic E-state index is -0.151. The Kier molecular flexibility index (Phi) is 8.27. The number of hydrogen-bond donors (Lipinski definition) is 2. The van der Waals surface area contributed by atoms with E-state index in [1.807, 2.05) is 21.0 Å². The predicted octanol–water partition coefficient (Wildman–Crippen LogP) is -0.711. The van der Waals surface area contributed by atoms with E-state index >= 15 is 0 Å². The highest BCUT2D eigenvalue weighted by Gasteiger charge is 2.10. The van der Waals surface area contributed by atoms with Gasteiger partial charge in [0.05, 0.1) is 12.6 Å². The Morgan fingerprint density at radius 3 is 2.60 bits per heavy atom. The lowest BCUT2D eigenvalue weighted by Gasteiger charge is -2.15. The Hall–Kier alpha value is -0.650. The summed E-state index contributed by atoms with van der Waals surface area (Å²) < 4.78 is 4.84. The lowest BCUT2D eigenvalue weighted by atomic mass is 10.3. The van der Waals surface area contributed by atoms with Crippen LogP contribution in [0.3, 0.4) is 0 Å². The maximum atomic E-state index is 11.5. The van der Waals surface area contributed by atoms with Gasteiger partial charge in [-0.05, 0) is 21.0 Å². The molecule has 0 radical (unpaired) electrons. The normalized spacial score (nSPS) is 12.9. The van der Waals surface area contributed by atoms with Crippen molar-refractivity contribution in [3.8, 4) is 0 Å². The first-order valence-electron chi connectivity index (χ1n) is 5.22. The molecule has 0 spiro atoms. The standard InChI is InChI=1S/C10H23N3O2/c1-9(11-5-7-13(2)3)10(14)12-6-8-15-4/h9,11H,5-8H2,1-4H3,(H,12,14). The zero-order valence-corrected chi connectivity index (χ0v) is 10.2. The van der Waals surface area contributed by atoms with E-state index in [2.05, 4.69) is 15.5 Å². The van der Waals surface area contributed by atoms with Crippen LogP contribution in [0.2, 0.25) is 0 Å². The van der Waals surface area contributed by atoms with E-state index in [4.69, 9.17) is 4.74 Å². The summed E-state index contributed by atoms with van der Waals surface area (Å²) in [4.78, 5) is 13.5. The third-order valence-electron chi connectivity index (χ3n) is 2.01. The van der Waals surface area contributed by atoms with Crippen molar-refractivity contribution in [2.24, 2.45) is 0 Å². The summed E-state index contributed by atoms with van der Waals surface area (Å²) in [5, 5.41) is 5.93. The quantitative estimate of drug-likeness (QED) is 0.527. The molecule has 0 rings (SSSR count). The van der Waals surface area contributed by atoms with Gasteiger partial charge in [0.25, 0.3) is 0 Å². The van der Waals surface area contributed by atoms with Crippen LogP contribution in [-0.2, 0) is 9.53 Å². The maximum absolute atomic E-state index is 11.5. The third kappa shape index (κ3) is 8.35. The van der Waals surface area contributed by atoms with Crippen LogP contribution in [0, 0.1) is 0 Å². The average molecular weight is 217 g/mol. The Balaban J connectivity index is 3.51. The second-order valence-corrected chi connectivity index (χ2v) is 3.76. The Morgan fingerprint density at radius 1 is 1.40 bits per heavy atom. The number of carbonyl (C=O) groups is 1. The number of amides is 1. The van der Waals surface area contributed by atoms with Crippen molar-refractivity contribution in [1.29, 1.82) is 0 Å². The van der Waals surface area contributed by atoms with Crippen molar-refractivity contribution < 1.29 is 9.53 Å². The molecular formula is C10H23N3O2. The molecule has 0 aromatic carbocycles. The van der Waals surface area contributed by atoms with Crippen LogP contribution in [0.15, 0.2) is 0 Å². The second-order valence-electron chi connectivity index (χ2n) is 3.76. The second kappa shape index (κ2) is 8.64. The highest BCUT2D eigenvalue weighted by molar-refractivity contribution is 5.81. The number of nitrogens with one attached hydrogen (secondary N) is 2. The summed E-state index contributed by atoms with van der Waals surface area (Å²) in [6.07, 6.45) is 0. The topological polar surface area (TPSA) is 53.6 Å². The number of carbonyl (C=O) groups excluding carboxylic acids is 1. The molecule has 0 bridgehead atoms. The van der Waals surface area contributed by atoms with Crippen molar-refractivity contribution in [1.82, 2.24) is 15.5 Å². The highest BCUT2D eigenvalue weighted by atomic mass is 16.5. The van der Waals surface area contributed by atoms with E-state index in [1.165, 1.54) is 0 Å². The minimum absolute atomic E-state index is 0.0193. The van der Waals surface area contributed by atoms with Gasteiger partial charge in [-0.1, -0.05) is 0 Å². The molecular weight excluding hydrogens is 194 g/mol. The van der Waals surface area contributed by atoms with E-state index in [1.54, 1.807) is 7.11 Å². The van der Waals surface area contributed by atoms with Crippen molar-refractivity contribution in [2.75, 3.05) is 47.4 Å². The Bertz CT molecular complexity index is 174. The molecule has 5 nitrogen and oxygen atoms in total. The van der Waals surface area contributed by atoms with Gasteiger partial charge in [-0.3, -0.25) is 4.79 Å². The number of nitrogens with zero attached hydrogens (tertiary/aromatic N) is 1. The van der Waals surface area contributed by atoms with Gasteiger partial charge in [0.1, 0.15) is 0 Å². The molecule has 0 saturated heterocycles. The minimum Gasteiger partial charge on any atom is -0.383 e. The van der Waals surface area contributed by atoms with E-state index < -0.39 is 0 Å². The van der Waals surface area contributed by atoms with Crippen molar-refractivity contribution >= 4 is 5.91 Å². The summed E-state index contributed by atoms with van der Waals surface area (Å²) in [5.41, 5.74) is 0. The number of hydrogen-bond acceptors (Lipinski definition) is 4. The molecule has 90 valence electrons. The fraction of sp³-hybridized carbons (Fsp3) is 0.900. The maximum Gasteiger partial charge on any atom is 0.236 e. The smallest absolute Gasteiger partial charge is 0.236 e. The van der Waals surface area contributed by atoms with Gasteiger partial charge < -0.3 is 20.3 Å². The highest BCUT2D eigenvalue weighted by Crippen LogP contribution is 1.82. The molecule has 1 unspecified atom stereocenters.